The number of hydrogen-bond acceptors (Lipinski definition) is 2. The van der Waals surface area contributed by atoms with Gasteiger partial charge in [-0.2, -0.15) is 0 Å². The molecule has 5 aromatic rings. The van der Waals surface area contributed by atoms with Gasteiger partial charge in [-0.1, -0.05) is 47.5 Å². The Bertz CT molecular complexity index is 2100. The van der Waals surface area contributed by atoms with Gasteiger partial charge in [0.1, 0.15) is 0 Å². The van der Waals surface area contributed by atoms with Crippen molar-refractivity contribution < 1.29 is 4.79 Å². The highest BCUT2D eigenvalue weighted by molar-refractivity contribution is 6.08. The molecule has 4 N–H and O–H groups in total. The number of hydrogen-bond donors (Lipinski definition) is 4. The quantitative estimate of drug-likeness (QED) is 0.203. The summed E-state index contributed by atoms with van der Waals surface area (Å²) in [4.78, 5) is 24.7. The van der Waals surface area contributed by atoms with Crippen LogP contribution >= 0.6 is 0 Å². The molecule has 2 aliphatic heterocycles. The number of fused-ring (bicyclic) bond motifs is 8. The average molecular weight is 565 g/mol. The first-order valence-corrected chi connectivity index (χ1v) is 14.8. The first kappa shape index (κ1) is 26.8. The van der Waals surface area contributed by atoms with Crippen molar-refractivity contribution in [3.8, 4) is 0 Å². The summed E-state index contributed by atoms with van der Waals surface area (Å²) >= 11 is 0. The van der Waals surface area contributed by atoms with Crippen LogP contribution in [0, 0.1) is 33.1 Å². The number of Topliss-reactive ketones (excluding diaryl/α,β-unsaturated/α-hetero) is 1. The van der Waals surface area contributed by atoms with Crippen molar-refractivity contribution in [2.24, 2.45) is 5.41 Å². The number of aromatic amines is 3. The fourth-order valence-corrected chi connectivity index (χ4v) is 6.58. The Balaban J connectivity index is 1.60. The van der Waals surface area contributed by atoms with E-state index in [0.717, 1.165) is 55.9 Å². The monoisotopic (exact) mass is 564 g/mol. The van der Waals surface area contributed by atoms with Crippen LogP contribution in [0.5, 0.6) is 0 Å². The lowest BCUT2D eigenvalue weighted by Gasteiger charge is -2.15. The van der Waals surface area contributed by atoms with E-state index < -0.39 is 5.41 Å². The number of aryl methyl sites for hydroxylation is 4. The minimum absolute atomic E-state index is 0.0703. The lowest BCUT2D eigenvalue weighted by atomic mass is 9.86. The Morgan fingerprint density at radius 1 is 0.605 bits per heavy atom. The maximum atomic E-state index is 13.6. The number of carbonyl (C=O) groups excluding carboxylic acids is 1. The highest BCUT2D eigenvalue weighted by Gasteiger charge is 2.41. The highest BCUT2D eigenvalue weighted by Crippen LogP contribution is 2.37. The molecular weight excluding hydrogens is 528 g/mol. The molecule has 5 nitrogen and oxygen atoms in total. The van der Waals surface area contributed by atoms with Crippen LogP contribution in [0.25, 0.3) is 23.3 Å². The van der Waals surface area contributed by atoms with Crippen LogP contribution < -0.4 is 16.0 Å². The van der Waals surface area contributed by atoms with Gasteiger partial charge >= 0.3 is 0 Å². The first-order valence-electron chi connectivity index (χ1n) is 14.8. The van der Waals surface area contributed by atoms with Crippen molar-refractivity contribution in [1.29, 1.82) is 0 Å². The van der Waals surface area contributed by atoms with E-state index in [4.69, 9.17) is 0 Å². The van der Waals surface area contributed by atoms with E-state index in [-0.39, 0.29) is 5.78 Å². The molecule has 0 saturated carbocycles. The summed E-state index contributed by atoms with van der Waals surface area (Å²) in [6.45, 7) is 12.6. The fourth-order valence-electron chi connectivity index (χ4n) is 6.58. The van der Waals surface area contributed by atoms with Crippen LogP contribution in [-0.4, -0.2) is 20.7 Å². The minimum atomic E-state index is -0.675. The topological polar surface area (TPSA) is 76.5 Å². The second kappa shape index (κ2) is 9.77. The molecule has 5 heteroatoms. The van der Waals surface area contributed by atoms with Crippen LogP contribution in [0.3, 0.4) is 0 Å². The van der Waals surface area contributed by atoms with E-state index in [0.29, 0.717) is 5.70 Å². The normalized spacial score (nSPS) is 15.8. The van der Waals surface area contributed by atoms with Gasteiger partial charge in [-0.25, -0.2) is 0 Å². The molecule has 1 saturated heterocycles. The first-order chi connectivity index (χ1) is 20.6. The third-order valence-corrected chi connectivity index (χ3v) is 8.80. The van der Waals surface area contributed by atoms with E-state index in [1.165, 1.54) is 27.8 Å². The molecule has 0 aliphatic carbocycles. The lowest BCUT2D eigenvalue weighted by molar-refractivity contribution is -0.120. The number of rotatable bonds is 2. The van der Waals surface area contributed by atoms with Gasteiger partial charge in [-0.3, -0.25) is 4.79 Å². The molecule has 0 radical (unpaired) electrons. The smallest absolute Gasteiger partial charge is 0.190 e. The molecule has 2 aromatic carbocycles. The van der Waals surface area contributed by atoms with Gasteiger partial charge in [0.05, 0.1) is 11.1 Å². The van der Waals surface area contributed by atoms with Gasteiger partial charge in [-0.15, -0.1) is 0 Å². The summed E-state index contributed by atoms with van der Waals surface area (Å²) in [6.07, 6.45) is 3.98. The number of nitrogens with one attached hydrogen (secondary N) is 4. The molecule has 2 aliphatic rings. The van der Waals surface area contributed by atoms with Gasteiger partial charge in [0.15, 0.2) is 5.78 Å². The Morgan fingerprint density at radius 3 is 1.84 bits per heavy atom. The van der Waals surface area contributed by atoms with Crippen molar-refractivity contribution in [2.45, 2.75) is 41.5 Å². The summed E-state index contributed by atoms with van der Waals surface area (Å²) in [5.74, 6) is 0.0703. The summed E-state index contributed by atoms with van der Waals surface area (Å²) in [6, 6.07) is 25.9. The van der Waals surface area contributed by atoms with Crippen molar-refractivity contribution in [1.82, 2.24) is 20.3 Å². The van der Waals surface area contributed by atoms with Gasteiger partial charge in [0, 0.05) is 50.3 Å². The maximum absolute atomic E-state index is 13.6. The van der Waals surface area contributed by atoms with Crippen LogP contribution in [-0.2, 0) is 4.79 Å². The predicted molar refractivity (Wildman–Crippen MR) is 175 cm³/mol. The Hall–Kier alpha value is -5.03. The number of H-pyrrole nitrogens is 3. The van der Waals surface area contributed by atoms with Crippen LogP contribution in [0.1, 0.15) is 70.0 Å². The number of ketones is 1. The minimum Gasteiger partial charge on any atom is -0.355 e. The summed E-state index contributed by atoms with van der Waals surface area (Å²) in [5, 5.41) is 5.49. The second-order valence-corrected chi connectivity index (χ2v) is 12.5. The van der Waals surface area contributed by atoms with E-state index in [9.17, 15) is 4.79 Å². The van der Waals surface area contributed by atoms with Gasteiger partial charge < -0.3 is 20.3 Å². The summed E-state index contributed by atoms with van der Waals surface area (Å²) < 4.78 is 0. The predicted octanol–water partition coefficient (Wildman–Crippen LogP) is 6.29. The second-order valence-electron chi connectivity index (χ2n) is 12.5. The van der Waals surface area contributed by atoms with Gasteiger partial charge in [-0.05, 0) is 112 Å². The van der Waals surface area contributed by atoms with Crippen LogP contribution in [0.15, 0.2) is 84.2 Å². The zero-order valence-corrected chi connectivity index (χ0v) is 25.5. The molecule has 3 aromatic heterocycles. The number of allylic oxidation sites excluding steroid dienone is 2. The Kier molecular flexibility index (Phi) is 6.10. The molecule has 0 amide bonds. The Morgan fingerprint density at radius 2 is 1.19 bits per heavy atom. The molecule has 43 heavy (non-hydrogen) atoms. The third-order valence-electron chi connectivity index (χ3n) is 8.80. The number of benzene rings is 2. The van der Waals surface area contributed by atoms with Crippen LogP contribution in [0.2, 0.25) is 0 Å². The van der Waals surface area contributed by atoms with Gasteiger partial charge in [0.2, 0.25) is 0 Å². The summed E-state index contributed by atoms with van der Waals surface area (Å²) in [7, 11) is 0. The molecule has 214 valence electrons. The summed E-state index contributed by atoms with van der Waals surface area (Å²) in [5.41, 5.74) is 14.0. The van der Waals surface area contributed by atoms with Gasteiger partial charge in [0.25, 0.3) is 0 Å². The maximum Gasteiger partial charge on any atom is 0.190 e. The van der Waals surface area contributed by atoms with Crippen molar-refractivity contribution in [3.63, 3.8) is 0 Å². The van der Waals surface area contributed by atoms with E-state index >= 15 is 0 Å². The zero-order chi connectivity index (χ0) is 30.0. The molecule has 0 atom stereocenters. The molecule has 5 heterocycles. The largest absolute Gasteiger partial charge is 0.355 e. The highest BCUT2D eigenvalue weighted by atomic mass is 16.1. The number of aromatic nitrogens is 3. The Labute approximate surface area is 251 Å². The molecule has 8 bridgehead atoms. The van der Waals surface area contributed by atoms with E-state index in [1.807, 2.05) is 26.0 Å². The molecule has 0 spiro atoms. The molecular formula is C38H36N4O. The average Bonchev–Trinajstić information content (AvgIpc) is 3.75. The van der Waals surface area contributed by atoms with E-state index in [2.05, 4.69) is 121 Å². The standard InChI is InChI=1S/C38H36N4O/c1-21-7-9-25(10-8-21)35-28-13-12-27(40-28)20-33-38(5,6)37(43)32(42-33)19-26-11-14-30(39-26)36(31-16-15-29(35)41-31)34-23(3)17-22(2)18-24(34)4/h7-20,39-42H,1-6H3. The fraction of sp³-hybridized carbons (Fsp3) is 0.184. The lowest BCUT2D eigenvalue weighted by Crippen LogP contribution is -2.19. The van der Waals surface area contributed by atoms with Crippen molar-refractivity contribution in [2.75, 3.05) is 0 Å². The molecule has 0 unspecified atom stereocenters. The SMILES string of the molecule is Cc1ccc(C2=c3ccc([nH]3)=C(c3c(C)cc(C)cc3C)c3ccc([nH]3)C=C3NC(=Cc4ccc2[nH]4)C(C)(C)C3=O)cc1. The van der Waals surface area contributed by atoms with Crippen LogP contribution in [0.4, 0.5) is 0 Å². The van der Waals surface area contributed by atoms with Crippen molar-refractivity contribution >= 4 is 29.1 Å². The zero-order valence-electron chi connectivity index (χ0n) is 25.5. The molecule has 7 rings (SSSR count). The molecule has 1 fully saturated rings. The number of carbonyl (C=O) groups is 1. The van der Waals surface area contributed by atoms with Crippen molar-refractivity contribution in [3.05, 3.63) is 151 Å². The third kappa shape index (κ3) is 4.52. The van der Waals surface area contributed by atoms with E-state index in [1.54, 1.807) is 0 Å².